The molecule has 0 radical (unpaired) electrons. The Hall–Kier alpha value is -2.61. The number of rotatable bonds is 5. The van der Waals surface area contributed by atoms with Crippen LogP contribution in [0.15, 0.2) is 30.9 Å². The van der Waals surface area contributed by atoms with E-state index in [0.717, 1.165) is 57.0 Å². The summed E-state index contributed by atoms with van der Waals surface area (Å²) in [6, 6.07) is 6.19. The van der Waals surface area contributed by atoms with Crippen molar-refractivity contribution in [2.45, 2.75) is 32.5 Å². The molecular weight excluding hydrogens is 344 g/mol. The summed E-state index contributed by atoms with van der Waals surface area (Å²) in [6.07, 6.45) is 4.46. The third-order valence-corrected chi connectivity index (χ3v) is 5.18. The summed E-state index contributed by atoms with van der Waals surface area (Å²) in [5.41, 5.74) is 2.35. The molecule has 2 aliphatic heterocycles. The molecule has 0 saturated carbocycles. The minimum atomic E-state index is 0.0102. The van der Waals surface area contributed by atoms with E-state index in [4.69, 9.17) is 4.74 Å². The number of fused-ring (bicyclic) bond motifs is 1. The molecule has 1 aromatic heterocycles. The van der Waals surface area contributed by atoms with Gasteiger partial charge in [0.2, 0.25) is 0 Å². The molecule has 0 aliphatic carbocycles. The van der Waals surface area contributed by atoms with E-state index in [-0.39, 0.29) is 12.1 Å². The predicted octanol–water partition coefficient (Wildman–Crippen LogP) is 1.13. The van der Waals surface area contributed by atoms with Crippen molar-refractivity contribution in [2.24, 2.45) is 0 Å². The lowest BCUT2D eigenvalue weighted by Gasteiger charge is -2.34. The highest BCUT2D eigenvalue weighted by molar-refractivity contribution is 5.74. The monoisotopic (exact) mass is 370 g/mol. The van der Waals surface area contributed by atoms with Crippen molar-refractivity contribution in [3.63, 3.8) is 0 Å². The number of carbonyl (C=O) groups excluding carboxylic acids is 1. The molecule has 8 nitrogen and oxygen atoms in total. The molecule has 2 aromatic rings. The van der Waals surface area contributed by atoms with Gasteiger partial charge in [0.05, 0.1) is 6.54 Å². The number of carbonyl (C=O) groups is 1. The molecular formula is C19H26N6O2. The Balaban J connectivity index is 1.20. The van der Waals surface area contributed by atoms with E-state index >= 15 is 0 Å². The summed E-state index contributed by atoms with van der Waals surface area (Å²) < 4.78 is 7.56. The quantitative estimate of drug-likeness (QED) is 0.854. The topological polar surface area (TPSA) is 75.5 Å². The van der Waals surface area contributed by atoms with Gasteiger partial charge in [-0.05, 0) is 24.1 Å². The van der Waals surface area contributed by atoms with Crippen molar-refractivity contribution >= 4 is 6.03 Å². The zero-order chi connectivity index (χ0) is 18.6. The van der Waals surface area contributed by atoms with Crippen LogP contribution in [-0.4, -0.2) is 69.4 Å². The second-order valence-electron chi connectivity index (χ2n) is 7.22. The van der Waals surface area contributed by atoms with Crippen molar-refractivity contribution in [2.75, 3.05) is 32.7 Å². The van der Waals surface area contributed by atoms with Crippen LogP contribution in [0, 0.1) is 0 Å². The van der Waals surface area contributed by atoms with Gasteiger partial charge in [-0.3, -0.25) is 9.58 Å². The van der Waals surface area contributed by atoms with Crippen LogP contribution in [0.3, 0.4) is 0 Å². The van der Waals surface area contributed by atoms with Crippen molar-refractivity contribution in [1.29, 1.82) is 0 Å². The van der Waals surface area contributed by atoms with E-state index in [1.54, 1.807) is 12.7 Å². The average molecular weight is 370 g/mol. The lowest BCUT2D eigenvalue weighted by atomic mass is 10.1. The molecule has 8 heteroatoms. The lowest BCUT2D eigenvalue weighted by molar-refractivity contribution is 0.135. The Kier molecular flexibility index (Phi) is 5.24. The summed E-state index contributed by atoms with van der Waals surface area (Å²) in [7, 11) is 0. The highest BCUT2D eigenvalue weighted by atomic mass is 16.5. The smallest absolute Gasteiger partial charge is 0.317 e. The molecule has 1 saturated heterocycles. The largest absolute Gasteiger partial charge is 0.490 e. The Morgan fingerprint density at radius 2 is 2.11 bits per heavy atom. The second-order valence-corrected chi connectivity index (χ2v) is 7.22. The van der Waals surface area contributed by atoms with E-state index in [0.29, 0.717) is 6.54 Å². The number of nitrogens with one attached hydrogen (secondary N) is 1. The van der Waals surface area contributed by atoms with Gasteiger partial charge >= 0.3 is 6.03 Å². The van der Waals surface area contributed by atoms with Crippen molar-refractivity contribution in [3.05, 3.63) is 42.0 Å². The summed E-state index contributed by atoms with van der Waals surface area (Å²) >= 11 is 0. The van der Waals surface area contributed by atoms with E-state index in [1.165, 1.54) is 5.56 Å². The fourth-order valence-corrected chi connectivity index (χ4v) is 3.64. The lowest BCUT2D eigenvalue weighted by Crippen LogP contribution is -2.52. The van der Waals surface area contributed by atoms with Gasteiger partial charge < -0.3 is 15.0 Å². The number of amides is 2. The second kappa shape index (κ2) is 7.96. The normalized spacial score (nSPS) is 19.6. The number of piperazine rings is 1. The number of aromatic nitrogens is 3. The van der Waals surface area contributed by atoms with E-state index in [9.17, 15) is 4.79 Å². The minimum Gasteiger partial charge on any atom is -0.490 e. The molecule has 4 rings (SSSR count). The molecule has 0 spiro atoms. The van der Waals surface area contributed by atoms with Crippen LogP contribution in [0.25, 0.3) is 0 Å². The van der Waals surface area contributed by atoms with Crippen LogP contribution >= 0.6 is 0 Å². The maximum Gasteiger partial charge on any atom is 0.317 e. The third-order valence-electron chi connectivity index (χ3n) is 5.18. The van der Waals surface area contributed by atoms with Gasteiger partial charge in [-0.1, -0.05) is 12.1 Å². The maximum absolute atomic E-state index is 12.5. The van der Waals surface area contributed by atoms with Crippen molar-refractivity contribution < 1.29 is 9.53 Å². The van der Waals surface area contributed by atoms with Gasteiger partial charge in [0.25, 0.3) is 0 Å². The molecule has 27 heavy (non-hydrogen) atoms. The first-order valence-electron chi connectivity index (χ1n) is 9.53. The molecule has 3 heterocycles. The maximum atomic E-state index is 12.5. The average Bonchev–Trinajstić information content (AvgIpc) is 3.33. The Morgan fingerprint density at radius 3 is 2.89 bits per heavy atom. The number of hydrogen-bond donors (Lipinski definition) is 1. The fraction of sp³-hybridized carbons (Fsp3) is 0.526. The van der Waals surface area contributed by atoms with Crippen molar-refractivity contribution in [3.8, 4) is 5.75 Å². The van der Waals surface area contributed by atoms with Crippen LogP contribution in [0.5, 0.6) is 5.75 Å². The number of nitrogens with zero attached hydrogens (tertiary/aromatic N) is 5. The predicted molar refractivity (Wildman–Crippen MR) is 101 cm³/mol. The Labute approximate surface area is 159 Å². The van der Waals surface area contributed by atoms with Gasteiger partial charge in [0.1, 0.15) is 24.5 Å². The van der Waals surface area contributed by atoms with Crippen LogP contribution in [0.4, 0.5) is 4.79 Å². The molecule has 1 N–H and O–H groups in total. The van der Waals surface area contributed by atoms with Crippen LogP contribution in [0.1, 0.15) is 18.1 Å². The standard InChI is InChI=1S/C19H26N6O2/c1-15-10-17-11-16(2-3-18(17)27-15)12-21-19(26)24-7-4-23(5-8-24)6-9-25-14-20-13-22-25/h2-3,11,13-15H,4-10,12H2,1H3,(H,21,26)/t15-/m0/s1. The molecule has 1 aromatic carbocycles. The molecule has 0 bridgehead atoms. The van der Waals surface area contributed by atoms with Crippen molar-refractivity contribution in [1.82, 2.24) is 29.9 Å². The number of ether oxygens (including phenoxy) is 1. The van der Waals surface area contributed by atoms with E-state index in [2.05, 4.69) is 33.3 Å². The first-order chi connectivity index (χ1) is 13.2. The molecule has 2 aliphatic rings. The van der Waals surface area contributed by atoms with Gasteiger partial charge in [-0.25, -0.2) is 9.78 Å². The first-order valence-corrected chi connectivity index (χ1v) is 9.53. The van der Waals surface area contributed by atoms with Gasteiger partial charge in [0, 0.05) is 45.7 Å². The van der Waals surface area contributed by atoms with Crippen LogP contribution < -0.4 is 10.1 Å². The molecule has 0 unspecified atom stereocenters. The van der Waals surface area contributed by atoms with E-state index in [1.807, 2.05) is 21.7 Å². The molecule has 144 valence electrons. The highest BCUT2D eigenvalue weighted by Gasteiger charge is 2.22. The molecule has 2 amide bonds. The van der Waals surface area contributed by atoms with Crippen LogP contribution in [0.2, 0.25) is 0 Å². The van der Waals surface area contributed by atoms with Crippen LogP contribution in [-0.2, 0) is 19.5 Å². The fourth-order valence-electron chi connectivity index (χ4n) is 3.64. The molecule has 1 fully saturated rings. The zero-order valence-electron chi connectivity index (χ0n) is 15.7. The third kappa shape index (κ3) is 4.39. The SMILES string of the molecule is C[C@H]1Cc2cc(CNC(=O)N3CCN(CCn4cncn4)CC3)ccc2O1. The van der Waals surface area contributed by atoms with Gasteiger partial charge in [-0.15, -0.1) is 0 Å². The summed E-state index contributed by atoms with van der Waals surface area (Å²) in [4.78, 5) is 20.7. The summed E-state index contributed by atoms with van der Waals surface area (Å²) in [5, 5.41) is 7.16. The zero-order valence-corrected chi connectivity index (χ0v) is 15.7. The first kappa shape index (κ1) is 17.8. The minimum absolute atomic E-state index is 0.0102. The summed E-state index contributed by atoms with van der Waals surface area (Å²) in [6.45, 7) is 7.64. The number of benzene rings is 1. The number of hydrogen-bond acceptors (Lipinski definition) is 5. The highest BCUT2D eigenvalue weighted by Crippen LogP contribution is 2.29. The Morgan fingerprint density at radius 1 is 1.26 bits per heavy atom. The van der Waals surface area contributed by atoms with E-state index < -0.39 is 0 Å². The number of urea groups is 1. The molecule has 1 atom stereocenters. The Bertz CT molecular complexity index is 771. The summed E-state index contributed by atoms with van der Waals surface area (Å²) in [5.74, 6) is 0.972. The van der Waals surface area contributed by atoms with Gasteiger partial charge in [0.15, 0.2) is 0 Å². The van der Waals surface area contributed by atoms with Gasteiger partial charge in [-0.2, -0.15) is 5.10 Å².